The minimum atomic E-state index is -0.207. The average Bonchev–Trinajstić information content (AvgIpc) is 2.37. The second kappa shape index (κ2) is 5.99. The van der Waals surface area contributed by atoms with Gasteiger partial charge in [0.2, 0.25) is 5.91 Å². The Morgan fingerprint density at radius 3 is 2.83 bits per heavy atom. The fourth-order valence-corrected chi connectivity index (χ4v) is 2.66. The van der Waals surface area contributed by atoms with E-state index < -0.39 is 0 Å². The summed E-state index contributed by atoms with van der Waals surface area (Å²) in [6.45, 7) is 8.88. The Morgan fingerprint density at radius 2 is 2.17 bits per heavy atom. The highest BCUT2D eigenvalue weighted by atomic mass is 16.5. The summed E-state index contributed by atoms with van der Waals surface area (Å²) in [5, 5.41) is 3.26. The highest BCUT2D eigenvalue weighted by molar-refractivity contribution is 5.82. The van der Waals surface area contributed by atoms with Crippen molar-refractivity contribution in [2.45, 2.75) is 51.5 Å². The predicted octanol–water partition coefficient (Wildman–Crippen LogP) is 0.389. The molecule has 1 amide bonds. The van der Waals surface area contributed by atoms with Crippen molar-refractivity contribution in [3.63, 3.8) is 0 Å². The van der Waals surface area contributed by atoms with E-state index in [0.29, 0.717) is 19.7 Å². The summed E-state index contributed by atoms with van der Waals surface area (Å²) < 4.78 is 11.3. The Bertz CT molecular complexity index is 298. The Kier molecular flexibility index (Phi) is 4.59. The van der Waals surface area contributed by atoms with Gasteiger partial charge in [-0.05, 0) is 20.3 Å². The molecule has 18 heavy (non-hydrogen) atoms. The predicted molar refractivity (Wildman–Crippen MR) is 68.4 cm³/mol. The first-order valence-corrected chi connectivity index (χ1v) is 6.91. The first-order chi connectivity index (χ1) is 8.61. The van der Waals surface area contributed by atoms with Crippen molar-refractivity contribution in [1.29, 1.82) is 0 Å². The van der Waals surface area contributed by atoms with Gasteiger partial charge in [0, 0.05) is 19.6 Å². The normalized spacial score (nSPS) is 37.6. The summed E-state index contributed by atoms with van der Waals surface area (Å²) >= 11 is 0. The van der Waals surface area contributed by atoms with E-state index in [2.05, 4.69) is 12.2 Å². The fraction of sp³-hybridized carbons (Fsp3) is 0.923. The van der Waals surface area contributed by atoms with E-state index in [1.165, 1.54) is 0 Å². The van der Waals surface area contributed by atoms with Crippen molar-refractivity contribution in [2.24, 2.45) is 0 Å². The topological polar surface area (TPSA) is 50.8 Å². The van der Waals surface area contributed by atoms with Crippen LogP contribution in [0.4, 0.5) is 0 Å². The smallest absolute Gasteiger partial charge is 0.242 e. The van der Waals surface area contributed by atoms with Gasteiger partial charge < -0.3 is 19.7 Å². The van der Waals surface area contributed by atoms with Gasteiger partial charge >= 0.3 is 0 Å². The van der Waals surface area contributed by atoms with Crippen molar-refractivity contribution >= 4 is 5.91 Å². The van der Waals surface area contributed by atoms with Crippen molar-refractivity contribution < 1.29 is 14.3 Å². The maximum atomic E-state index is 12.5. The van der Waals surface area contributed by atoms with Crippen LogP contribution in [0.25, 0.3) is 0 Å². The number of carbonyl (C=O) groups excluding carboxylic acids is 1. The Labute approximate surface area is 109 Å². The molecule has 0 aromatic rings. The Balaban J connectivity index is 1.98. The van der Waals surface area contributed by atoms with Gasteiger partial charge in [0.1, 0.15) is 6.04 Å². The van der Waals surface area contributed by atoms with E-state index in [4.69, 9.17) is 9.47 Å². The van der Waals surface area contributed by atoms with Crippen molar-refractivity contribution in [1.82, 2.24) is 10.2 Å². The molecule has 2 aliphatic heterocycles. The maximum Gasteiger partial charge on any atom is 0.242 e. The van der Waals surface area contributed by atoms with Crippen LogP contribution in [0, 0.1) is 0 Å². The van der Waals surface area contributed by atoms with Crippen molar-refractivity contribution in [2.75, 3.05) is 26.2 Å². The van der Waals surface area contributed by atoms with Crippen LogP contribution in [0.5, 0.6) is 0 Å². The zero-order valence-electron chi connectivity index (χ0n) is 11.5. The van der Waals surface area contributed by atoms with Gasteiger partial charge in [0.15, 0.2) is 0 Å². The number of hydrogen-bond acceptors (Lipinski definition) is 4. The SMILES string of the molecule is CCC1CN(C(=O)[C@H]2NCCO[C@@H]2C)CC(C)O1. The number of amides is 1. The average molecular weight is 256 g/mol. The number of carbonyl (C=O) groups is 1. The van der Waals surface area contributed by atoms with Gasteiger partial charge in [0.05, 0.1) is 24.9 Å². The number of rotatable bonds is 2. The van der Waals surface area contributed by atoms with E-state index >= 15 is 0 Å². The lowest BCUT2D eigenvalue weighted by Crippen LogP contribution is -2.60. The van der Waals surface area contributed by atoms with E-state index in [0.717, 1.165) is 13.0 Å². The van der Waals surface area contributed by atoms with Crippen LogP contribution in [0.1, 0.15) is 27.2 Å². The largest absolute Gasteiger partial charge is 0.375 e. The zero-order valence-corrected chi connectivity index (χ0v) is 11.5. The number of nitrogens with zero attached hydrogens (tertiary/aromatic N) is 1. The Morgan fingerprint density at radius 1 is 1.39 bits per heavy atom. The van der Waals surface area contributed by atoms with Gasteiger partial charge in [-0.3, -0.25) is 4.79 Å². The summed E-state index contributed by atoms with van der Waals surface area (Å²) in [5.74, 6) is 0.149. The third kappa shape index (κ3) is 3.02. The molecule has 0 aromatic carbocycles. The number of hydrogen-bond donors (Lipinski definition) is 1. The summed E-state index contributed by atoms with van der Waals surface area (Å²) in [6, 6.07) is -0.207. The van der Waals surface area contributed by atoms with Gasteiger partial charge in [-0.15, -0.1) is 0 Å². The Hall–Kier alpha value is -0.650. The molecule has 0 aliphatic carbocycles. The molecule has 104 valence electrons. The number of ether oxygens (including phenoxy) is 2. The molecule has 4 atom stereocenters. The zero-order chi connectivity index (χ0) is 13.1. The minimum Gasteiger partial charge on any atom is -0.375 e. The molecule has 0 radical (unpaired) electrons. The summed E-state index contributed by atoms with van der Waals surface area (Å²) in [7, 11) is 0. The molecule has 2 unspecified atom stereocenters. The molecule has 5 nitrogen and oxygen atoms in total. The first-order valence-electron chi connectivity index (χ1n) is 6.91. The van der Waals surface area contributed by atoms with Crippen molar-refractivity contribution in [3.05, 3.63) is 0 Å². The van der Waals surface area contributed by atoms with Crippen LogP contribution >= 0.6 is 0 Å². The highest BCUT2D eigenvalue weighted by Gasteiger charge is 2.35. The van der Waals surface area contributed by atoms with E-state index in [-0.39, 0.29) is 30.3 Å². The second-order valence-electron chi connectivity index (χ2n) is 5.23. The van der Waals surface area contributed by atoms with E-state index in [9.17, 15) is 4.79 Å². The molecule has 2 aliphatic rings. The molecule has 2 rings (SSSR count). The molecule has 0 saturated carbocycles. The molecule has 2 fully saturated rings. The molecular weight excluding hydrogens is 232 g/mol. The lowest BCUT2D eigenvalue weighted by atomic mass is 10.1. The van der Waals surface area contributed by atoms with Gasteiger partial charge in [0.25, 0.3) is 0 Å². The summed E-state index contributed by atoms with van der Waals surface area (Å²) in [4.78, 5) is 14.4. The highest BCUT2D eigenvalue weighted by Crippen LogP contribution is 2.16. The molecule has 2 saturated heterocycles. The van der Waals surface area contributed by atoms with Crippen LogP contribution in [-0.4, -0.2) is 61.4 Å². The lowest BCUT2D eigenvalue weighted by molar-refractivity contribution is -0.152. The fourth-order valence-electron chi connectivity index (χ4n) is 2.66. The monoisotopic (exact) mass is 256 g/mol. The molecule has 0 bridgehead atoms. The summed E-state index contributed by atoms with van der Waals surface area (Å²) in [6.07, 6.45) is 1.17. The molecule has 5 heteroatoms. The molecule has 0 aromatic heterocycles. The first kappa shape index (κ1) is 13.8. The third-order valence-corrected chi connectivity index (χ3v) is 3.68. The van der Waals surface area contributed by atoms with Crippen LogP contribution in [-0.2, 0) is 14.3 Å². The maximum absolute atomic E-state index is 12.5. The summed E-state index contributed by atoms with van der Waals surface area (Å²) in [5.41, 5.74) is 0. The number of morpholine rings is 2. The molecule has 0 spiro atoms. The van der Waals surface area contributed by atoms with Gasteiger partial charge in [-0.2, -0.15) is 0 Å². The van der Waals surface area contributed by atoms with Crippen molar-refractivity contribution in [3.8, 4) is 0 Å². The van der Waals surface area contributed by atoms with Gasteiger partial charge in [-0.25, -0.2) is 0 Å². The third-order valence-electron chi connectivity index (χ3n) is 3.68. The quantitative estimate of drug-likeness (QED) is 0.776. The van der Waals surface area contributed by atoms with Crippen LogP contribution in [0.2, 0.25) is 0 Å². The minimum absolute atomic E-state index is 0.0514. The van der Waals surface area contributed by atoms with Crippen LogP contribution in [0.15, 0.2) is 0 Å². The van der Waals surface area contributed by atoms with Crippen LogP contribution < -0.4 is 5.32 Å². The second-order valence-corrected chi connectivity index (χ2v) is 5.23. The van der Waals surface area contributed by atoms with Crippen LogP contribution in [0.3, 0.4) is 0 Å². The molecule has 1 N–H and O–H groups in total. The van der Waals surface area contributed by atoms with Gasteiger partial charge in [-0.1, -0.05) is 6.92 Å². The molecular formula is C13H24N2O3. The number of nitrogens with one attached hydrogen (secondary N) is 1. The van der Waals surface area contributed by atoms with E-state index in [1.807, 2.05) is 18.7 Å². The molecule has 2 heterocycles. The lowest BCUT2D eigenvalue weighted by Gasteiger charge is -2.40. The standard InChI is InChI=1S/C13H24N2O3/c1-4-11-8-15(7-9(2)18-11)13(16)12-10(3)17-6-5-14-12/h9-12,14H,4-8H2,1-3H3/t9?,10-,11?,12+/m1/s1. The van der Waals surface area contributed by atoms with E-state index in [1.54, 1.807) is 0 Å².